The first-order valence-corrected chi connectivity index (χ1v) is 16.0. The third-order valence-corrected chi connectivity index (χ3v) is 8.79. The molecule has 0 atom stereocenters. The van der Waals surface area contributed by atoms with Crippen molar-refractivity contribution in [3.05, 3.63) is 113 Å². The summed E-state index contributed by atoms with van der Waals surface area (Å²) in [6.45, 7) is 6.03. The number of aromatic nitrogens is 3. The fourth-order valence-electron chi connectivity index (χ4n) is 5.06. The van der Waals surface area contributed by atoms with Gasteiger partial charge in [0.05, 0.1) is 12.0 Å². The van der Waals surface area contributed by atoms with Crippen molar-refractivity contribution >= 4 is 33.0 Å². The Hall–Kier alpha value is -5.03. The number of pyridine rings is 1. The van der Waals surface area contributed by atoms with Crippen LogP contribution in [0, 0.1) is 20.8 Å². The van der Waals surface area contributed by atoms with E-state index in [1.54, 1.807) is 43.5 Å². The van der Waals surface area contributed by atoms with Gasteiger partial charge in [-0.15, -0.1) is 0 Å². The smallest absolute Gasteiger partial charge is 0.328 e. The molecule has 5 rings (SSSR count). The number of urea groups is 1. The highest BCUT2D eigenvalue weighted by Crippen LogP contribution is 2.25. The molecule has 2 amide bonds. The normalized spacial score (nSPS) is 11.4. The van der Waals surface area contributed by atoms with Gasteiger partial charge in [-0.2, -0.15) is 0 Å². The number of fused-ring (bicyclic) bond motifs is 1. The first-order valence-electron chi connectivity index (χ1n) is 14.5. The van der Waals surface area contributed by atoms with Crippen molar-refractivity contribution in [2.45, 2.75) is 44.9 Å². The summed E-state index contributed by atoms with van der Waals surface area (Å²) < 4.78 is 34.2. The van der Waals surface area contributed by atoms with Gasteiger partial charge < -0.3 is 10.1 Å². The second-order valence-corrected chi connectivity index (χ2v) is 12.5. The zero-order chi connectivity index (χ0) is 32.1. The molecule has 0 unspecified atom stereocenters. The molecular formula is C34H35N5O5S. The molecule has 11 heteroatoms. The van der Waals surface area contributed by atoms with Gasteiger partial charge in [0.2, 0.25) is 0 Å². The van der Waals surface area contributed by atoms with Crippen molar-refractivity contribution in [2.24, 2.45) is 0 Å². The van der Waals surface area contributed by atoms with Crippen molar-refractivity contribution in [3.63, 3.8) is 0 Å². The van der Waals surface area contributed by atoms with E-state index in [0.717, 1.165) is 45.1 Å². The van der Waals surface area contributed by atoms with Gasteiger partial charge in [0.25, 0.3) is 10.0 Å². The molecule has 0 bridgehead atoms. The topological polar surface area (TPSA) is 132 Å². The number of methoxy groups -OCH3 is 1. The molecule has 10 nitrogen and oxygen atoms in total. The molecule has 0 saturated heterocycles. The third kappa shape index (κ3) is 7.38. The maximum Gasteiger partial charge on any atom is 0.328 e. The van der Waals surface area contributed by atoms with Crippen LogP contribution in [0.3, 0.4) is 0 Å². The number of aryl methyl sites for hydroxylation is 4. The Labute approximate surface area is 262 Å². The number of carbonyl (C=O) groups is 2. The number of sulfonamides is 1. The minimum absolute atomic E-state index is 0.00988. The van der Waals surface area contributed by atoms with Gasteiger partial charge in [0, 0.05) is 36.3 Å². The summed E-state index contributed by atoms with van der Waals surface area (Å²) in [6, 6.07) is 22.3. The summed E-state index contributed by atoms with van der Waals surface area (Å²) in [4.78, 5) is 35.0. The molecule has 2 heterocycles. The Bertz CT molecular complexity index is 1950. The molecule has 0 fully saturated rings. The summed E-state index contributed by atoms with van der Waals surface area (Å²) in [7, 11) is -2.37. The number of hydrogen-bond acceptors (Lipinski definition) is 7. The van der Waals surface area contributed by atoms with E-state index in [0.29, 0.717) is 24.2 Å². The van der Waals surface area contributed by atoms with E-state index in [9.17, 15) is 18.0 Å². The van der Waals surface area contributed by atoms with Crippen LogP contribution in [0.25, 0.3) is 16.9 Å². The van der Waals surface area contributed by atoms with Crippen molar-refractivity contribution in [1.29, 1.82) is 0 Å². The zero-order valence-corrected chi connectivity index (χ0v) is 26.4. The molecule has 0 radical (unpaired) electrons. The molecule has 0 aliphatic rings. The number of ketones is 1. The largest absolute Gasteiger partial charge is 0.497 e. The van der Waals surface area contributed by atoms with E-state index in [-0.39, 0.29) is 23.6 Å². The molecule has 0 saturated carbocycles. The molecule has 0 aliphatic carbocycles. The van der Waals surface area contributed by atoms with Crippen molar-refractivity contribution in [3.8, 4) is 11.4 Å². The fourth-order valence-corrected chi connectivity index (χ4v) is 5.99. The predicted molar refractivity (Wildman–Crippen MR) is 173 cm³/mol. The van der Waals surface area contributed by atoms with Gasteiger partial charge in [-0.05, 0) is 92.9 Å². The number of imidazole rings is 1. The van der Waals surface area contributed by atoms with E-state index >= 15 is 0 Å². The summed E-state index contributed by atoms with van der Waals surface area (Å²) in [5.41, 5.74) is 6.71. The van der Waals surface area contributed by atoms with Crippen molar-refractivity contribution in [2.75, 3.05) is 13.7 Å². The molecule has 45 heavy (non-hydrogen) atoms. The van der Waals surface area contributed by atoms with E-state index in [2.05, 4.69) is 5.32 Å². The number of hydrogen-bond donors (Lipinski definition) is 2. The van der Waals surface area contributed by atoms with Crippen molar-refractivity contribution in [1.82, 2.24) is 24.6 Å². The minimum atomic E-state index is -3.96. The maximum absolute atomic E-state index is 13.0. The van der Waals surface area contributed by atoms with Crippen LogP contribution >= 0.6 is 0 Å². The number of nitrogens with zero attached hydrogens (tertiary/aromatic N) is 3. The molecule has 0 spiro atoms. The second kappa shape index (κ2) is 13.3. The number of nitrogens with one attached hydrogen (secondary N) is 2. The third-order valence-electron chi connectivity index (χ3n) is 7.44. The summed E-state index contributed by atoms with van der Waals surface area (Å²) in [5, 5.41) is 2.61. The van der Waals surface area contributed by atoms with Crippen LogP contribution in [0.4, 0.5) is 4.79 Å². The van der Waals surface area contributed by atoms with Crippen LogP contribution in [0.15, 0.2) is 83.8 Å². The van der Waals surface area contributed by atoms with Gasteiger partial charge in [-0.1, -0.05) is 29.8 Å². The van der Waals surface area contributed by atoms with E-state index in [4.69, 9.17) is 14.7 Å². The molecule has 2 aromatic heterocycles. The zero-order valence-electron chi connectivity index (χ0n) is 25.6. The molecule has 232 valence electrons. The number of ether oxygens (including phenoxy) is 1. The minimum Gasteiger partial charge on any atom is -0.497 e. The Kier molecular flexibility index (Phi) is 9.29. The van der Waals surface area contributed by atoms with Crippen LogP contribution in [-0.4, -0.2) is 48.4 Å². The molecule has 5 aromatic rings. The monoisotopic (exact) mass is 625 g/mol. The van der Waals surface area contributed by atoms with Crippen LogP contribution in [0.2, 0.25) is 0 Å². The van der Waals surface area contributed by atoms with Crippen LogP contribution in [0.1, 0.15) is 45.0 Å². The molecular weight excluding hydrogens is 590 g/mol. The van der Waals surface area contributed by atoms with Gasteiger partial charge in [-0.25, -0.2) is 27.9 Å². The second-order valence-electron chi connectivity index (χ2n) is 10.9. The standard InChI is InChI=1S/C34H35N5O5S/c1-22-5-15-29(16-6-22)45(42,43)38-34(41)35-20-19-25-7-11-27(12-8-25)39-31(37-32-23(2)21-24(3)36-33(32)39)18-17-30(40)26-9-13-28(44-4)14-10-26/h5-16,21H,17-20H2,1-4H3,(H2,35,38,41). The predicted octanol–water partition coefficient (Wildman–Crippen LogP) is 5.40. The van der Waals surface area contributed by atoms with Gasteiger partial charge in [0.1, 0.15) is 17.1 Å². The Balaban J connectivity index is 1.28. The lowest BCUT2D eigenvalue weighted by atomic mass is 10.1. The van der Waals surface area contributed by atoms with Crippen molar-refractivity contribution < 1.29 is 22.7 Å². The first-order chi connectivity index (χ1) is 21.5. The average Bonchev–Trinajstić information content (AvgIpc) is 3.38. The lowest BCUT2D eigenvalue weighted by molar-refractivity contribution is 0.0982. The number of carbonyl (C=O) groups excluding carboxylic acids is 2. The van der Waals surface area contributed by atoms with Gasteiger partial charge in [-0.3, -0.25) is 9.36 Å². The number of amides is 2. The van der Waals surface area contributed by atoms with Gasteiger partial charge >= 0.3 is 6.03 Å². The average molecular weight is 626 g/mol. The highest BCUT2D eigenvalue weighted by molar-refractivity contribution is 7.90. The molecule has 3 aromatic carbocycles. The molecule has 2 N–H and O–H groups in total. The van der Waals surface area contributed by atoms with Crippen LogP contribution in [0.5, 0.6) is 5.75 Å². The number of rotatable bonds is 11. The first kappa shape index (κ1) is 31.4. The molecule has 0 aliphatic heterocycles. The Morgan fingerprint density at radius 3 is 2.22 bits per heavy atom. The lowest BCUT2D eigenvalue weighted by Crippen LogP contribution is -2.40. The Morgan fingerprint density at radius 1 is 0.867 bits per heavy atom. The fraction of sp³-hybridized carbons (Fsp3) is 0.235. The van der Waals surface area contributed by atoms with Crippen LogP contribution < -0.4 is 14.8 Å². The highest BCUT2D eigenvalue weighted by atomic mass is 32.2. The van der Waals surface area contributed by atoms with E-state index in [1.165, 1.54) is 12.1 Å². The van der Waals surface area contributed by atoms with E-state index < -0.39 is 16.1 Å². The number of benzene rings is 3. The summed E-state index contributed by atoms with van der Waals surface area (Å²) >= 11 is 0. The SMILES string of the molecule is COc1ccc(C(=O)CCc2nc3c(C)cc(C)nc3n2-c2ccc(CCNC(=O)NS(=O)(=O)c3ccc(C)cc3)cc2)cc1. The summed E-state index contributed by atoms with van der Waals surface area (Å²) in [5.74, 6) is 1.43. The van der Waals surface area contributed by atoms with E-state index in [1.807, 2.05) is 60.4 Å². The van der Waals surface area contributed by atoms with Gasteiger partial charge in [0.15, 0.2) is 11.4 Å². The Morgan fingerprint density at radius 2 is 1.56 bits per heavy atom. The maximum atomic E-state index is 13.0. The lowest BCUT2D eigenvalue weighted by Gasteiger charge is -2.11. The quantitative estimate of drug-likeness (QED) is 0.188. The summed E-state index contributed by atoms with van der Waals surface area (Å²) in [6.07, 6.45) is 1.19. The van der Waals surface area contributed by atoms with Crippen LogP contribution in [-0.2, 0) is 22.9 Å². The number of Topliss-reactive ketones (excluding diaryl/α,β-unsaturated/α-hetero) is 1. The highest BCUT2D eigenvalue weighted by Gasteiger charge is 2.19.